The molecule has 34 heavy (non-hydrogen) atoms. The number of carbonyl (C=O) groups excluding carboxylic acids is 1. The highest BCUT2D eigenvalue weighted by Crippen LogP contribution is 2.36. The zero-order chi connectivity index (χ0) is 24.2. The lowest BCUT2D eigenvalue weighted by Crippen LogP contribution is -2.32. The predicted octanol–water partition coefficient (Wildman–Crippen LogP) is 2.83. The molecule has 0 aliphatic carbocycles. The van der Waals surface area contributed by atoms with Gasteiger partial charge in [0.05, 0.1) is 37.0 Å². The van der Waals surface area contributed by atoms with Crippen molar-refractivity contribution in [2.75, 3.05) is 31.7 Å². The van der Waals surface area contributed by atoms with Gasteiger partial charge in [-0.15, -0.1) is 11.8 Å². The van der Waals surface area contributed by atoms with Crippen LogP contribution < -0.4 is 10.5 Å². The number of halogens is 2. The predicted molar refractivity (Wildman–Crippen MR) is 124 cm³/mol. The number of nitrogens with zero attached hydrogens (tertiary/aromatic N) is 6. The summed E-state index contributed by atoms with van der Waals surface area (Å²) in [4.78, 5) is 27.5. The van der Waals surface area contributed by atoms with Crippen molar-refractivity contribution in [1.82, 2.24) is 29.6 Å². The number of aryl methyl sites for hydroxylation is 1. The Morgan fingerprint density at radius 1 is 1.32 bits per heavy atom. The molecule has 3 aromatic heterocycles. The Kier molecular flexibility index (Phi) is 5.42. The van der Waals surface area contributed by atoms with E-state index in [-0.39, 0.29) is 24.7 Å². The third-order valence-electron chi connectivity index (χ3n) is 6.06. The van der Waals surface area contributed by atoms with Crippen LogP contribution in [0.25, 0.3) is 17.1 Å². The number of thioether (sulfide) groups is 1. The molecule has 0 spiro atoms. The van der Waals surface area contributed by atoms with Gasteiger partial charge in [0.1, 0.15) is 10.8 Å². The van der Waals surface area contributed by atoms with Gasteiger partial charge in [0, 0.05) is 41.6 Å². The minimum atomic E-state index is -2.86. The number of alkyl halides is 2. The minimum Gasteiger partial charge on any atom is -0.496 e. The van der Waals surface area contributed by atoms with E-state index in [1.165, 1.54) is 16.7 Å². The Morgan fingerprint density at radius 2 is 2.12 bits per heavy atom. The fourth-order valence-electron chi connectivity index (χ4n) is 4.36. The van der Waals surface area contributed by atoms with Gasteiger partial charge < -0.3 is 15.4 Å². The maximum Gasteiger partial charge on any atom is 0.267 e. The molecule has 0 aromatic carbocycles. The fraction of sp³-hybridized carbons (Fsp3) is 0.409. The highest BCUT2D eigenvalue weighted by molar-refractivity contribution is 7.99. The topological polar surface area (TPSA) is 112 Å². The van der Waals surface area contributed by atoms with Crippen molar-refractivity contribution in [3.05, 3.63) is 34.3 Å². The molecule has 2 aliphatic rings. The van der Waals surface area contributed by atoms with Gasteiger partial charge in [-0.2, -0.15) is 10.1 Å². The second-order valence-corrected chi connectivity index (χ2v) is 9.43. The standard InChI is InChI=1S/C22H23F2N7O2S/c1-11-7-26-15(12(2)17(11)33-3)8-31-18-16-14(29-31)6-13(9-34-19(16)28-21(25)27-18)20(32)30-5-4-22(23,24)10-30/h6-7H,4-5,8-10H2,1-3H3,(H2,25,27,28). The summed E-state index contributed by atoms with van der Waals surface area (Å²) in [5.41, 5.74) is 9.94. The number of hydrogen-bond acceptors (Lipinski definition) is 8. The third-order valence-corrected chi connectivity index (χ3v) is 7.08. The molecule has 12 heteroatoms. The largest absolute Gasteiger partial charge is 0.496 e. The molecule has 0 atom stereocenters. The summed E-state index contributed by atoms with van der Waals surface area (Å²) in [6.07, 6.45) is 3.06. The van der Waals surface area contributed by atoms with Crippen LogP contribution in [0.2, 0.25) is 0 Å². The molecule has 5 heterocycles. The molecule has 178 valence electrons. The number of amides is 1. The number of carbonyl (C=O) groups is 1. The number of methoxy groups -OCH3 is 1. The highest BCUT2D eigenvalue weighted by Gasteiger charge is 2.41. The fourth-order valence-corrected chi connectivity index (χ4v) is 5.36. The van der Waals surface area contributed by atoms with Crippen LogP contribution in [0.15, 0.2) is 16.8 Å². The number of nitrogen functional groups attached to an aromatic ring is 1. The van der Waals surface area contributed by atoms with E-state index >= 15 is 0 Å². The lowest BCUT2D eigenvalue weighted by atomic mass is 10.1. The number of pyridine rings is 1. The van der Waals surface area contributed by atoms with Crippen LogP contribution in [-0.4, -0.2) is 67.4 Å². The van der Waals surface area contributed by atoms with Crippen LogP contribution in [0.1, 0.15) is 28.9 Å². The number of nitrogens with two attached hydrogens (primary N) is 1. The monoisotopic (exact) mass is 487 g/mol. The van der Waals surface area contributed by atoms with Crippen LogP contribution >= 0.6 is 11.8 Å². The van der Waals surface area contributed by atoms with E-state index in [1.54, 1.807) is 24.1 Å². The molecule has 1 fully saturated rings. The summed E-state index contributed by atoms with van der Waals surface area (Å²) < 4.78 is 34.6. The molecule has 1 saturated heterocycles. The average molecular weight is 488 g/mol. The van der Waals surface area contributed by atoms with Crippen LogP contribution in [0.4, 0.5) is 14.7 Å². The first-order valence-electron chi connectivity index (χ1n) is 10.7. The Morgan fingerprint density at radius 3 is 2.82 bits per heavy atom. The van der Waals surface area contributed by atoms with E-state index in [0.717, 1.165) is 22.6 Å². The van der Waals surface area contributed by atoms with Crippen molar-refractivity contribution in [3.8, 4) is 5.75 Å². The normalized spacial score (nSPS) is 17.1. The van der Waals surface area contributed by atoms with Gasteiger partial charge in [-0.3, -0.25) is 9.78 Å². The Bertz CT molecular complexity index is 1360. The molecule has 0 bridgehead atoms. The quantitative estimate of drug-likeness (QED) is 0.559. The van der Waals surface area contributed by atoms with Gasteiger partial charge in [0.15, 0.2) is 5.65 Å². The van der Waals surface area contributed by atoms with Crippen LogP contribution in [0.3, 0.4) is 0 Å². The molecule has 5 rings (SSSR count). The van der Waals surface area contributed by atoms with E-state index in [1.807, 2.05) is 13.8 Å². The molecular formula is C22H23F2N7O2S. The number of likely N-dealkylation sites (tertiary alicyclic amines) is 1. The maximum absolute atomic E-state index is 13.7. The lowest BCUT2D eigenvalue weighted by Gasteiger charge is -2.17. The molecule has 1 amide bonds. The van der Waals surface area contributed by atoms with Crippen LogP contribution in [0, 0.1) is 13.8 Å². The summed E-state index contributed by atoms with van der Waals surface area (Å²) in [7, 11) is 1.61. The first kappa shape index (κ1) is 22.5. The number of hydrogen-bond donors (Lipinski definition) is 1. The van der Waals surface area contributed by atoms with Gasteiger partial charge >= 0.3 is 0 Å². The summed E-state index contributed by atoms with van der Waals surface area (Å²) >= 11 is 1.32. The van der Waals surface area contributed by atoms with Gasteiger partial charge in [-0.1, -0.05) is 0 Å². The molecular weight excluding hydrogens is 464 g/mol. The van der Waals surface area contributed by atoms with Crippen molar-refractivity contribution < 1.29 is 18.3 Å². The van der Waals surface area contributed by atoms with Crippen molar-refractivity contribution >= 4 is 40.7 Å². The summed E-state index contributed by atoms with van der Waals surface area (Å²) in [5.74, 6) is -2.15. The number of anilines is 1. The van der Waals surface area contributed by atoms with Crippen molar-refractivity contribution in [3.63, 3.8) is 0 Å². The molecule has 2 aliphatic heterocycles. The maximum atomic E-state index is 13.7. The van der Waals surface area contributed by atoms with Crippen LogP contribution in [-0.2, 0) is 11.3 Å². The van der Waals surface area contributed by atoms with E-state index in [4.69, 9.17) is 15.6 Å². The number of ether oxygens (including phenoxy) is 1. The third kappa shape index (κ3) is 3.85. The molecule has 0 saturated carbocycles. The van der Waals surface area contributed by atoms with Crippen molar-refractivity contribution in [1.29, 1.82) is 0 Å². The first-order chi connectivity index (χ1) is 16.2. The Balaban J connectivity index is 1.56. The summed E-state index contributed by atoms with van der Waals surface area (Å²) in [6, 6.07) is 0. The SMILES string of the molecule is COc1c(C)cnc(Cn2nc3c4c(nc(N)nc42)SCC(C(=O)N2CCC(F)(F)C2)=C3)c1C. The summed E-state index contributed by atoms with van der Waals surface area (Å²) in [5, 5.41) is 5.96. The van der Waals surface area contributed by atoms with Gasteiger partial charge in [0.25, 0.3) is 11.8 Å². The van der Waals surface area contributed by atoms with E-state index in [9.17, 15) is 13.6 Å². The summed E-state index contributed by atoms with van der Waals surface area (Å²) in [6.45, 7) is 3.61. The highest BCUT2D eigenvalue weighted by atomic mass is 32.2. The average Bonchev–Trinajstić information content (AvgIpc) is 3.25. The Labute approximate surface area is 198 Å². The zero-order valence-electron chi connectivity index (χ0n) is 18.9. The second kappa shape index (κ2) is 8.19. The smallest absolute Gasteiger partial charge is 0.267 e. The first-order valence-corrected chi connectivity index (χ1v) is 11.7. The molecule has 3 aromatic rings. The number of aromatic nitrogens is 5. The second-order valence-electron chi connectivity index (χ2n) is 8.47. The van der Waals surface area contributed by atoms with Gasteiger partial charge in [-0.05, 0) is 19.9 Å². The van der Waals surface area contributed by atoms with E-state index in [0.29, 0.717) is 33.9 Å². The van der Waals surface area contributed by atoms with Gasteiger partial charge in [-0.25, -0.2) is 18.4 Å². The number of rotatable bonds is 4. The van der Waals surface area contributed by atoms with Crippen molar-refractivity contribution in [2.24, 2.45) is 0 Å². The lowest BCUT2D eigenvalue weighted by molar-refractivity contribution is -0.127. The molecule has 0 unspecified atom stereocenters. The van der Waals surface area contributed by atoms with Crippen LogP contribution in [0.5, 0.6) is 5.75 Å². The molecule has 9 nitrogen and oxygen atoms in total. The Hall–Kier alpha value is -3.28. The van der Waals surface area contributed by atoms with E-state index < -0.39 is 18.4 Å². The molecule has 0 radical (unpaired) electrons. The minimum absolute atomic E-state index is 0.0254. The zero-order valence-corrected chi connectivity index (χ0v) is 19.7. The van der Waals surface area contributed by atoms with Crippen molar-refractivity contribution in [2.45, 2.75) is 37.8 Å². The van der Waals surface area contributed by atoms with Gasteiger partial charge in [0.2, 0.25) is 5.95 Å². The van der Waals surface area contributed by atoms with E-state index in [2.05, 4.69) is 15.0 Å². The molecule has 2 N–H and O–H groups in total.